The minimum absolute atomic E-state index is 0.398. The molecule has 0 aliphatic rings. The summed E-state index contributed by atoms with van der Waals surface area (Å²) < 4.78 is 1.11. The molecule has 0 fully saturated rings. The number of rotatable bonds is 3. The predicted molar refractivity (Wildman–Crippen MR) is 94.6 cm³/mol. The van der Waals surface area contributed by atoms with Gasteiger partial charge in [0.05, 0.1) is 11.4 Å². The van der Waals surface area contributed by atoms with Gasteiger partial charge in [-0.3, -0.25) is 0 Å². The number of para-hydroxylation sites is 1. The largest absolute Gasteiger partial charge is 0.369 e. The van der Waals surface area contributed by atoms with Crippen molar-refractivity contribution in [3.8, 4) is 0 Å². The number of nitrogens with one attached hydrogen (secondary N) is 1. The van der Waals surface area contributed by atoms with Gasteiger partial charge in [-0.25, -0.2) is 4.99 Å². The summed E-state index contributed by atoms with van der Waals surface area (Å²) in [5, 5.41) is 3.13. The lowest BCUT2D eigenvalue weighted by Crippen LogP contribution is -2.22. The van der Waals surface area contributed by atoms with Crippen LogP contribution < -0.4 is 11.1 Å². The van der Waals surface area contributed by atoms with E-state index in [0.717, 1.165) is 14.9 Å². The molecule has 3 N–H and O–H groups in total. The monoisotopic (exact) mass is 379 g/mol. The van der Waals surface area contributed by atoms with Crippen LogP contribution in [0.2, 0.25) is 0 Å². The Morgan fingerprint density at radius 1 is 1.15 bits per heavy atom. The van der Waals surface area contributed by atoms with Crippen LogP contribution in [0.5, 0.6) is 0 Å². The average Bonchev–Trinajstić information content (AvgIpc) is 2.41. The average molecular weight is 379 g/mol. The number of nitrogens with zero attached hydrogens (tertiary/aromatic N) is 1. The van der Waals surface area contributed by atoms with E-state index in [9.17, 15) is 0 Å². The van der Waals surface area contributed by atoms with Gasteiger partial charge < -0.3 is 11.1 Å². The van der Waals surface area contributed by atoms with Gasteiger partial charge in [-0.15, -0.1) is 0 Å². The molecule has 2 aromatic carbocycles. The maximum atomic E-state index is 5.97. The lowest BCUT2D eigenvalue weighted by atomic mass is 10.0. The number of anilines is 1. The summed E-state index contributed by atoms with van der Waals surface area (Å²) >= 11 is 2.27. The van der Waals surface area contributed by atoms with Gasteiger partial charge >= 0.3 is 0 Å². The highest BCUT2D eigenvalue weighted by atomic mass is 127. The second kappa shape index (κ2) is 6.74. The van der Waals surface area contributed by atoms with Crippen LogP contribution in [0.25, 0.3) is 0 Å². The van der Waals surface area contributed by atoms with Gasteiger partial charge in [0.15, 0.2) is 5.96 Å². The summed E-state index contributed by atoms with van der Waals surface area (Å²) in [5.74, 6) is 0.879. The van der Waals surface area contributed by atoms with Gasteiger partial charge in [0.1, 0.15) is 0 Å². The minimum atomic E-state index is 0.398. The van der Waals surface area contributed by atoms with Gasteiger partial charge in [-0.1, -0.05) is 38.1 Å². The molecule has 4 heteroatoms. The summed E-state index contributed by atoms with van der Waals surface area (Å²) in [6, 6.07) is 16.1. The van der Waals surface area contributed by atoms with E-state index in [2.05, 4.69) is 58.9 Å². The van der Waals surface area contributed by atoms with Gasteiger partial charge in [0.2, 0.25) is 0 Å². The molecule has 0 radical (unpaired) electrons. The van der Waals surface area contributed by atoms with Crippen LogP contribution in [0, 0.1) is 3.57 Å². The van der Waals surface area contributed by atoms with Gasteiger partial charge in [-0.05, 0) is 58.3 Å². The molecule has 3 nitrogen and oxygen atoms in total. The molecule has 2 aromatic rings. The van der Waals surface area contributed by atoms with Crippen LogP contribution in [0.3, 0.4) is 0 Å². The van der Waals surface area contributed by atoms with Crippen molar-refractivity contribution in [1.82, 2.24) is 0 Å². The quantitative estimate of drug-likeness (QED) is 0.470. The van der Waals surface area contributed by atoms with E-state index in [1.807, 2.05) is 36.4 Å². The number of aliphatic imine (C=N–C) groups is 1. The number of guanidine groups is 1. The summed E-state index contributed by atoms with van der Waals surface area (Å²) in [5.41, 5.74) is 9.06. The summed E-state index contributed by atoms with van der Waals surface area (Å²) in [7, 11) is 0. The fourth-order valence-electron chi connectivity index (χ4n) is 1.82. The highest BCUT2D eigenvalue weighted by Gasteiger charge is 2.02. The molecule has 0 atom stereocenters. The lowest BCUT2D eigenvalue weighted by Gasteiger charge is -2.09. The molecule has 0 aliphatic carbocycles. The standard InChI is InChI=1S/C16H18IN3/c1-11(2)12-6-5-7-13(10-12)19-16(18)20-15-9-4-3-8-14(15)17/h3-11H,1-2H3,(H3,18,19,20). The summed E-state index contributed by atoms with van der Waals surface area (Å²) in [6.07, 6.45) is 0. The fraction of sp³-hybridized carbons (Fsp3) is 0.188. The van der Waals surface area contributed by atoms with E-state index in [1.165, 1.54) is 5.56 Å². The molecule has 0 saturated heterocycles. The first-order valence-corrected chi connectivity index (χ1v) is 7.60. The van der Waals surface area contributed by atoms with Gasteiger partial charge in [-0.2, -0.15) is 0 Å². The van der Waals surface area contributed by atoms with Crippen molar-refractivity contribution >= 4 is 39.9 Å². The second-order valence-corrected chi connectivity index (χ2v) is 6.01. The molecular weight excluding hydrogens is 361 g/mol. The first-order valence-electron chi connectivity index (χ1n) is 6.52. The maximum absolute atomic E-state index is 5.97. The molecule has 0 spiro atoms. The number of hydrogen-bond acceptors (Lipinski definition) is 1. The van der Waals surface area contributed by atoms with E-state index in [-0.39, 0.29) is 0 Å². The molecule has 0 aromatic heterocycles. The van der Waals surface area contributed by atoms with Crippen LogP contribution in [-0.4, -0.2) is 5.96 Å². The molecule has 2 rings (SSSR count). The second-order valence-electron chi connectivity index (χ2n) is 4.85. The topological polar surface area (TPSA) is 50.4 Å². The zero-order chi connectivity index (χ0) is 14.5. The summed E-state index contributed by atoms with van der Waals surface area (Å²) in [6.45, 7) is 4.33. The molecule has 0 aliphatic heterocycles. The first-order chi connectivity index (χ1) is 9.56. The molecule has 20 heavy (non-hydrogen) atoms. The molecule has 0 heterocycles. The Kier molecular flexibility index (Phi) is 5.00. The first kappa shape index (κ1) is 14.8. The third-order valence-electron chi connectivity index (χ3n) is 2.92. The molecule has 0 unspecified atom stereocenters. The van der Waals surface area contributed by atoms with Crippen molar-refractivity contribution in [2.24, 2.45) is 10.7 Å². The smallest absolute Gasteiger partial charge is 0.198 e. The van der Waals surface area contributed by atoms with Gasteiger partial charge in [0.25, 0.3) is 0 Å². The van der Waals surface area contributed by atoms with Crippen molar-refractivity contribution in [2.45, 2.75) is 19.8 Å². The van der Waals surface area contributed by atoms with Crippen LogP contribution in [0.1, 0.15) is 25.3 Å². The Hall–Kier alpha value is -1.56. The van der Waals surface area contributed by atoms with Crippen molar-refractivity contribution in [1.29, 1.82) is 0 Å². The maximum Gasteiger partial charge on any atom is 0.198 e. The Morgan fingerprint density at radius 2 is 1.90 bits per heavy atom. The van der Waals surface area contributed by atoms with E-state index >= 15 is 0 Å². The zero-order valence-corrected chi connectivity index (χ0v) is 13.8. The van der Waals surface area contributed by atoms with Gasteiger partial charge in [0, 0.05) is 3.57 Å². The number of nitrogens with two attached hydrogens (primary N) is 1. The number of benzene rings is 2. The van der Waals surface area contributed by atoms with Crippen molar-refractivity contribution in [3.63, 3.8) is 0 Å². The SMILES string of the molecule is CC(C)c1cccc(N=C(N)Nc2ccccc2I)c1. The van der Waals surface area contributed by atoms with E-state index in [4.69, 9.17) is 5.73 Å². The third kappa shape index (κ3) is 3.96. The molecular formula is C16H18IN3. The van der Waals surface area contributed by atoms with E-state index < -0.39 is 0 Å². The highest BCUT2D eigenvalue weighted by Crippen LogP contribution is 2.21. The van der Waals surface area contributed by atoms with Crippen molar-refractivity contribution in [3.05, 3.63) is 57.7 Å². The number of hydrogen-bond donors (Lipinski definition) is 2. The normalized spacial score (nSPS) is 11.7. The molecule has 0 amide bonds. The Bertz CT molecular complexity index is 621. The van der Waals surface area contributed by atoms with E-state index in [0.29, 0.717) is 11.9 Å². The molecule has 104 valence electrons. The minimum Gasteiger partial charge on any atom is -0.369 e. The van der Waals surface area contributed by atoms with Crippen molar-refractivity contribution < 1.29 is 0 Å². The Labute approximate surface area is 133 Å². The molecule has 0 saturated carbocycles. The lowest BCUT2D eigenvalue weighted by molar-refractivity contribution is 0.867. The third-order valence-corrected chi connectivity index (χ3v) is 3.86. The van der Waals surface area contributed by atoms with Crippen LogP contribution in [-0.2, 0) is 0 Å². The van der Waals surface area contributed by atoms with Crippen LogP contribution in [0.15, 0.2) is 53.5 Å². The Morgan fingerprint density at radius 3 is 2.60 bits per heavy atom. The van der Waals surface area contributed by atoms with E-state index in [1.54, 1.807) is 0 Å². The van der Waals surface area contributed by atoms with Crippen molar-refractivity contribution in [2.75, 3.05) is 5.32 Å². The summed E-state index contributed by atoms with van der Waals surface area (Å²) in [4.78, 5) is 4.42. The predicted octanol–water partition coefficient (Wildman–Crippen LogP) is 4.47. The number of halogens is 1. The molecule has 0 bridgehead atoms. The zero-order valence-electron chi connectivity index (χ0n) is 11.6. The van der Waals surface area contributed by atoms with Crippen LogP contribution in [0.4, 0.5) is 11.4 Å². The van der Waals surface area contributed by atoms with Crippen LogP contribution >= 0.6 is 22.6 Å². The highest BCUT2D eigenvalue weighted by molar-refractivity contribution is 14.1. The Balaban J connectivity index is 2.18. The fourth-order valence-corrected chi connectivity index (χ4v) is 2.34.